The first-order valence-electron chi connectivity index (χ1n) is 4.95. The number of nitrogens with zero attached hydrogens (tertiary/aromatic N) is 2. The van der Waals surface area contributed by atoms with Crippen molar-refractivity contribution in [1.29, 1.82) is 0 Å². The van der Waals surface area contributed by atoms with E-state index in [0.29, 0.717) is 0 Å². The summed E-state index contributed by atoms with van der Waals surface area (Å²) in [6.45, 7) is 0. The van der Waals surface area contributed by atoms with Crippen LogP contribution in [-0.4, -0.2) is 23.6 Å². The van der Waals surface area contributed by atoms with Crippen molar-refractivity contribution in [1.82, 2.24) is 9.47 Å². The Balaban J connectivity index is 2.62. The second-order valence-corrected chi connectivity index (χ2v) is 4.43. The number of rotatable bonds is 2. The van der Waals surface area contributed by atoms with Gasteiger partial charge in [0.15, 0.2) is 0 Å². The number of hydrogen-bond acceptors (Lipinski definition) is 1. The molecule has 0 aliphatic carbocycles. The van der Waals surface area contributed by atoms with E-state index >= 15 is 0 Å². The van der Waals surface area contributed by atoms with E-state index < -0.39 is 0 Å². The van der Waals surface area contributed by atoms with Crippen molar-refractivity contribution < 1.29 is 0 Å². The van der Waals surface area contributed by atoms with Crippen LogP contribution < -0.4 is 0 Å². The van der Waals surface area contributed by atoms with Gasteiger partial charge in [-0.1, -0.05) is 18.2 Å². The molecule has 0 aliphatic heterocycles. The van der Waals surface area contributed by atoms with Crippen LogP contribution in [-0.2, 0) is 7.05 Å². The fourth-order valence-electron chi connectivity index (χ4n) is 1.84. The number of fused-ring (bicyclic) bond motifs is 1. The average Bonchev–Trinajstić information content (AvgIpc) is 2.56. The molecule has 1 unspecified atom stereocenters. The molecule has 0 N–H and O–H groups in total. The molecule has 80 valence electrons. The summed E-state index contributed by atoms with van der Waals surface area (Å²) in [5.41, 5.74) is 2.32. The van der Waals surface area contributed by atoms with Crippen LogP contribution in [0.2, 0.25) is 0 Å². The topological polar surface area (TPSA) is 8.17 Å². The van der Waals surface area contributed by atoms with Gasteiger partial charge in [-0.25, -0.2) is 0 Å². The minimum absolute atomic E-state index is 0.0731. The Morgan fingerprint density at radius 1 is 1.27 bits per heavy atom. The molecule has 1 aromatic heterocycles. The molecule has 2 rings (SSSR count). The van der Waals surface area contributed by atoms with Gasteiger partial charge in [0.05, 0.1) is 0 Å². The first-order valence-corrected chi connectivity index (χ1v) is 5.39. The summed E-state index contributed by atoms with van der Waals surface area (Å²) in [4.78, 5) is 2.00. The van der Waals surface area contributed by atoms with Crippen molar-refractivity contribution in [2.24, 2.45) is 7.05 Å². The molecule has 1 heterocycles. The van der Waals surface area contributed by atoms with Crippen molar-refractivity contribution in [3.05, 3.63) is 36.0 Å². The van der Waals surface area contributed by atoms with E-state index in [-0.39, 0.29) is 5.50 Å². The van der Waals surface area contributed by atoms with E-state index in [1.165, 1.54) is 16.5 Å². The van der Waals surface area contributed by atoms with Crippen LogP contribution in [0, 0.1) is 0 Å². The van der Waals surface area contributed by atoms with Gasteiger partial charge in [0.25, 0.3) is 0 Å². The molecule has 0 bridgehead atoms. The third-order valence-electron chi connectivity index (χ3n) is 2.64. The van der Waals surface area contributed by atoms with E-state index in [4.69, 9.17) is 11.6 Å². The summed E-state index contributed by atoms with van der Waals surface area (Å²) in [5.74, 6) is 0. The molecule has 2 aromatic rings. The van der Waals surface area contributed by atoms with Crippen molar-refractivity contribution in [2.75, 3.05) is 14.1 Å². The summed E-state index contributed by atoms with van der Waals surface area (Å²) in [7, 11) is 6.02. The maximum Gasteiger partial charge on any atom is 0.112 e. The Labute approximate surface area is 95.1 Å². The summed E-state index contributed by atoms with van der Waals surface area (Å²) in [5, 5.41) is 1.23. The zero-order valence-corrected chi connectivity index (χ0v) is 9.99. The monoisotopic (exact) mass is 222 g/mol. The van der Waals surface area contributed by atoms with Gasteiger partial charge in [-0.3, -0.25) is 4.90 Å². The molecule has 2 nitrogen and oxygen atoms in total. The SMILES string of the molecule is CN(C)C(Cl)c1cn(C)c2ccccc12. The maximum atomic E-state index is 6.35. The lowest BCUT2D eigenvalue weighted by molar-refractivity contribution is 0.386. The molecule has 0 saturated heterocycles. The lowest BCUT2D eigenvalue weighted by Crippen LogP contribution is -2.14. The molecule has 0 saturated carbocycles. The fraction of sp³-hybridized carbons (Fsp3) is 0.333. The minimum atomic E-state index is -0.0731. The second kappa shape index (κ2) is 3.87. The normalized spacial score (nSPS) is 13.7. The molecule has 0 aliphatic rings. The van der Waals surface area contributed by atoms with E-state index in [1.807, 2.05) is 38.2 Å². The van der Waals surface area contributed by atoms with Crippen LogP contribution >= 0.6 is 11.6 Å². The van der Waals surface area contributed by atoms with E-state index in [0.717, 1.165) is 0 Å². The lowest BCUT2D eigenvalue weighted by Gasteiger charge is -2.16. The molecular formula is C12H15ClN2. The van der Waals surface area contributed by atoms with E-state index in [9.17, 15) is 0 Å². The predicted octanol–water partition coefficient (Wildman–Crippen LogP) is 2.98. The number of hydrogen-bond donors (Lipinski definition) is 0. The van der Waals surface area contributed by atoms with Gasteiger partial charge >= 0.3 is 0 Å². The van der Waals surface area contributed by atoms with E-state index in [2.05, 4.69) is 22.9 Å². The summed E-state index contributed by atoms with van der Waals surface area (Å²) in [6.07, 6.45) is 2.10. The number of alkyl halides is 1. The van der Waals surface area contributed by atoms with Crippen molar-refractivity contribution >= 4 is 22.5 Å². The smallest absolute Gasteiger partial charge is 0.112 e. The maximum absolute atomic E-state index is 6.35. The van der Waals surface area contributed by atoms with Crippen LogP contribution in [0.3, 0.4) is 0 Å². The van der Waals surface area contributed by atoms with Gasteiger partial charge in [0.2, 0.25) is 0 Å². The lowest BCUT2D eigenvalue weighted by atomic mass is 10.1. The third-order valence-corrected chi connectivity index (χ3v) is 3.26. The molecule has 0 amide bonds. The van der Waals surface area contributed by atoms with Gasteiger partial charge in [0, 0.05) is 29.7 Å². The molecule has 0 fully saturated rings. The van der Waals surface area contributed by atoms with Gasteiger partial charge in [-0.15, -0.1) is 11.6 Å². The number of benzene rings is 1. The van der Waals surface area contributed by atoms with Crippen LogP contribution in [0.5, 0.6) is 0 Å². The highest BCUT2D eigenvalue weighted by molar-refractivity contribution is 6.21. The average molecular weight is 223 g/mol. The largest absolute Gasteiger partial charge is 0.350 e. The minimum Gasteiger partial charge on any atom is -0.350 e. The molecule has 15 heavy (non-hydrogen) atoms. The standard InChI is InChI=1S/C12H15ClN2/c1-14(2)12(13)10-8-15(3)11-7-5-4-6-9(10)11/h4-8,12H,1-3H3. The first kappa shape index (κ1) is 10.5. The number of aryl methyl sites for hydroxylation is 1. The van der Waals surface area contributed by atoms with Gasteiger partial charge < -0.3 is 4.57 Å². The third kappa shape index (κ3) is 1.75. The van der Waals surface area contributed by atoms with E-state index in [1.54, 1.807) is 0 Å². The van der Waals surface area contributed by atoms with Crippen LogP contribution in [0.25, 0.3) is 10.9 Å². The Morgan fingerprint density at radius 2 is 1.93 bits per heavy atom. The molecule has 1 atom stereocenters. The van der Waals surface area contributed by atoms with Crippen molar-refractivity contribution in [2.45, 2.75) is 5.50 Å². The van der Waals surface area contributed by atoms with Crippen LogP contribution in [0.15, 0.2) is 30.5 Å². The molecule has 3 heteroatoms. The molecular weight excluding hydrogens is 208 g/mol. The van der Waals surface area contributed by atoms with Crippen molar-refractivity contribution in [3.63, 3.8) is 0 Å². The Morgan fingerprint density at radius 3 is 2.60 bits per heavy atom. The highest BCUT2D eigenvalue weighted by Gasteiger charge is 2.15. The van der Waals surface area contributed by atoms with Gasteiger partial charge in [-0.05, 0) is 20.2 Å². The Hall–Kier alpha value is -0.990. The zero-order chi connectivity index (χ0) is 11.0. The van der Waals surface area contributed by atoms with Crippen LogP contribution in [0.1, 0.15) is 11.1 Å². The predicted molar refractivity (Wildman–Crippen MR) is 65.2 cm³/mol. The highest BCUT2D eigenvalue weighted by atomic mass is 35.5. The number of aromatic nitrogens is 1. The number of para-hydroxylation sites is 1. The summed E-state index contributed by atoms with van der Waals surface area (Å²) >= 11 is 6.35. The second-order valence-electron chi connectivity index (χ2n) is 4.01. The zero-order valence-electron chi connectivity index (χ0n) is 9.24. The fourth-order valence-corrected chi connectivity index (χ4v) is 2.01. The van der Waals surface area contributed by atoms with Crippen LogP contribution in [0.4, 0.5) is 0 Å². The first-order chi connectivity index (χ1) is 7.11. The quantitative estimate of drug-likeness (QED) is 0.560. The van der Waals surface area contributed by atoms with Gasteiger partial charge in [-0.2, -0.15) is 0 Å². The Kier molecular flexibility index (Phi) is 2.72. The summed E-state index contributed by atoms with van der Waals surface area (Å²) < 4.78 is 2.11. The molecule has 0 spiro atoms. The number of halogens is 1. The van der Waals surface area contributed by atoms with Crippen molar-refractivity contribution in [3.8, 4) is 0 Å². The summed E-state index contributed by atoms with van der Waals surface area (Å²) in [6, 6.07) is 8.32. The highest BCUT2D eigenvalue weighted by Crippen LogP contribution is 2.30. The Bertz CT molecular complexity index is 473. The van der Waals surface area contributed by atoms with Gasteiger partial charge in [0.1, 0.15) is 5.50 Å². The molecule has 0 radical (unpaired) electrons. The molecule has 1 aromatic carbocycles.